The maximum absolute atomic E-state index is 13.6. The second-order valence-electron chi connectivity index (χ2n) is 10.2. The summed E-state index contributed by atoms with van der Waals surface area (Å²) in [6.45, 7) is 10.5. The predicted octanol–water partition coefficient (Wildman–Crippen LogP) is 5.76. The van der Waals surface area contributed by atoms with Gasteiger partial charge in [0.1, 0.15) is 5.54 Å². The average Bonchev–Trinajstić information content (AvgIpc) is 2.81. The van der Waals surface area contributed by atoms with E-state index in [9.17, 15) is 4.79 Å². The van der Waals surface area contributed by atoms with Crippen molar-refractivity contribution >= 4 is 17.5 Å². The van der Waals surface area contributed by atoms with Gasteiger partial charge in [-0.1, -0.05) is 75.8 Å². The van der Waals surface area contributed by atoms with E-state index in [4.69, 9.17) is 11.6 Å². The number of piperazine rings is 1. The number of hydrogen-bond acceptors (Lipinski definition) is 3. The summed E-state index contributed by atoms with van der Waals surface area (Å²) in [5, 5.41) is 4.21. The topological polar surface area (TPSA) is 35.6 Å². The monoisotopic (exact) mass is 457 g/mol. The first-order chi connectivity index (χ1) is 15.5. The number of hydrogen-bond donors (Lipinski definition) is 1. The van der Waals surface area contributed by atoms with Crippen LogP contribution in [0.3, 0.4) is 0 Å². The molecule has 2 aliphatic heterocycles. The summed E-state index contributed by atoms with van der Waals surface area (Å²) in [6, 6.07) is 8.23. The Morgan fingerprint density at radius 2 is 1.81 bits per heavy atom. The van der Waals surface area contributed by atoms with Gasteiger partial charge in [-0.15, -0.1) is 0 Å². The van der Waals surface area contributed by atoms with Crippen LogP contribution in [-0.4, -0.2) is 46.9 Å². The predicted molar refractivity (Wildman–Crippen MR) is 133 cm³/mol. The van der Waals surface area contributed by atoms with Crippen LogP contribution in [0.1, 0.15) is 76.7 Å². The fourth-order valence-corrected chi connectivity index (χ4v) is 6.14. The number of halogens is 1. The van der Waals surface area contributed by atoms with Gasteiger partial charge in [0.25, 0.3) is 0 Å². The van der Waals surface area contributed by atoms with E-state index < -0.39 is 5.54 Å². The lowest BCUT2D eigenvalue weighted by atomic mass is 9.78. The van der Waals surface area contributed by atoms with Gasteiger partial charge in [-0.2, -0.15) is 0 Å². The van der Waals surface area contributed by atoms with Crippen LogP contribution in [0.15, 0.2) is 36.5 Å². The minimum Gasteiger partial charge on any atom is -0.359 e. The van der Waals surface area contributed by atoms with E-state index in [0.717, 1.165) is 74.9 Å². The lowest BCUT2D eigenvalue weighted by Gasteiger charge is -2.54. The second-order valence-corrected chi connectivity index (χ2v) is 10.6. The molecule has 2 saturated heterocycles. The first kappa shape index (κ1) is 23.6. The fraction of sp³-hybridized carbons (Fsp3) is 0.667. The summed E-state index contributed by atoms with van der Waals surface area (Å²) >= 11 is 6.04. The van der Waals surface area contributed by atoms with Gasteiger partial charge in [-0.25, -0.2) is 0 Å². The Bertz CT molecular complexity index is 779. The molecule has 3 aliphatic rings. The Morgan fingerprint density at radius 1 is 1.12 bits per heavy atom. The van der Waals surface area contributed by atoms with Gasteiger partial charge >= 0.3 is 0 Å². The molecule has 1 N–H and O–H groups in total. The highest BCUT2D eigenvalue weighted by Crippen LogP contribution is 2.39. The first-order valence-corrected chi connectivity index (χ1v) is 13.1. The zero-order chi connectivity index (χ0) is 22.6. The van der Waals surface area contributed by atoms with E-state index in [1.165, 1.54) is 37.7 Å². The fourth-order valence-electron chi connectivity index (χ4n) is 6.01. The molecular formula is C27H40ClN3O. The lowest BCUT2D eigenvalue weighted by Crippen LogP contribution is -2.69. The molecular weight excluding hydrogens is 418 g/mol. The maximum atomic E-state index is 13.6. The van der Waals surface area contributed by atoms with Crippen LogP contribution < -0.4 is 5.32 Å². The molecule has 1 aromatic rings. The van der Waals surface area contributed by atoms with Gasteiger partial charge < -0.3 is 10.2 Å². The smallest absolute Gasteiger partial charge is 0.246 e. The van der Waals surface area contributed by atoms with Crippen molar-refractivity contribution in [2.24, 2.45) is 5.92 Å². The van der Waals surface area contributed by atoms with Crippen LogP contribution >= 0.6 is 11.6 Å². The Balaban J connectivity index is 1.44. The maximum Gasteiger partial charge on any atom is 0.246 e. The molecule has 0 radical (unpaired) electrons. The average molecular weight is 458 g/mol. The zero-order valence-electron chi connectivity index (χ0n) is 19.8. The molecule has 4 nitrogen and oxygen atoms in total. The van der Waals surface area contributed by atoms with Crippen LogP contribution in [-0.2, 0) is 11.3 Å². The normalized spacial score (nSPS) is 24.7. The number of rotatable bonds is 7. The Kier molecular flexibility index (Phi) is 7.83. The van der Waals surface area contributed by atoms with E-state index in [1.807, 2.05) is 12.1 Å². The molecule has 1 amide bonds. The zero-order valence-corrected chi connectivity index (χ0v) is 20.5. The van der Waals surface area contributed by atoms with Crippen molar-refractivity contribution in [3.05, 3.63) is 47.1 Å². The van der Waals surface area contributed by atoms with Crippen LogP contribution in [0, 0.1) is 5.92 Å². The molecule has 5 heteroatoms. The number of carbonyl (C=O) groups excluding carboxylic acids is 1. The molecule has 1 atom stereocenters. The highest BCUT2D eigenvalue weighted by molar-refractivity contribution is 6.30. The van der Waals surface area contributed by atoms with Gasteiger partial charge in [-0.3, -0.25) is 9.69 Å². The molecule has 1 aromatic carbocycles. The third-order valence-electron chi connectivity index (χ3n) is 8.03. The highest BCUT2D eigenvalue weighted by atomic mass is 35.5. The SMILES string of the molecule is C=C1[C@H](CC2CCCCC2)NC(=O)C2(CCN(Cc3ccc(Cl)cc3)CC2)N1CCCC. The van der Waals surface area contributed by atoms with Gasteiger partial charge in [0.15, 0.2) is 0 Å². The molecule has 32 heavy (non-hydrogen) atoms. The molecule has 0 aromatic heterocycles. The number of benzene rings is 1. The van der Waals surface area contributed by atoms with Crippen LogP contribution in [0.25, 0.3) is 0 Å². The summed E-state index contributed by atoms with van der Waals surface area (Å²) in [5.74, 6) is 0.974. The van der Waals surface area contributed by atoms with Gasteiger partial charge in [-0.05, 0) is 49.3 Å². The molecule has 1 saturated carbocycles. The molecule has 4 rings (SSSR count). The first-order valence-electron chi connectivity index (χ1n) is 12.8. The van der Waals surface area contributed by atoms with Crippen molar-refractivity contribution < 1.29 is 4.79 Å². The summed E-state index contributed by atoms with van der Waals surface area (Å²) in [7, 11) is 0. The Hall–Kier alpha value is -1.52. The number of carbonyl (C=O) groups is 1. The number of amides is 1. The van der Waals surface area contributed by atoms with Gasteiger partial charge in [0, 0.05) is 36.9 Å². The van der Waals surface area contributed by atoms with Crippen molar-refractivity contribution in [1.29, 1.82) is 0 Å². The number of unbranched alkanes of at least 4 members (excludes halogenated alkanes) is 1. The van der Waals surface area contributed by atoms with Gasteiger partial charge in [0.2, 0.25) is 5.91 Å². The van der Waals surface area contributed by atoms with E-state index in [0.29, 0.717) is 0 Å². The quantitative estimate of drug-likeness (QED) is 0.565. The molecule has 1 spiro atoms. The van der Waals surface area contributed by atoms with E-state index >= 15 is 0 Å². The second kappa shape index (κ2) is 10.6. The standard InChI is InChI=1S/C27H40ClN3O/c1-3-4-16-31-21(2)25(19-22-8-6-5-7-9-22)29-26(32)27(31)14-17-30(18-15-27)20-23-10-12-24(28)13-11-23/h10-13,22,25H,2-9,14-20H2,1H3,(H,29,32)/t25-/m0/s1. The van der Waals surface area contributed by atoms with E-state index in [2.05, 4.69) is 40.8 Å². The molecule has 3 fully saturated rings. The third-order valence-corrected chi connectivity index (χ3v) is 8.28. The molecule has 0 unspecified atom stereocenters. The minimum atomic E-state index is -0.425. The summed E-state index contributed by atoms with van der Waals surface area (Å²) < 4.78 is 0. The largest absolute Gasteiger partial charge is 0.359 e. The number of likely N-dealkylation sites (tertiary alicyclic amines) is 1. The van der Waals surface area contributed by atoms with Crippen molar-refractivity contribution in [2.45, 2.75) is 89.3 Å². The lowest BCUT2D eigenvalue weighted by molar-refractivity contribution is -0.140. The van der Waals surface area contributed by atoms with Crippen LogP contribution in [0.5, 0.6) is 0 Å². The van der Waals surface area contributed by atoms with E-state index in [-0.39, 0.29) is 11.9 Å². The number of piperidine rings is 1. The summed E-state index contributed by atoms with van der Waals surface area (Å²) in [5.41, 5.74) is 2.01. The van der Waals surface area contributed by atoms with Gasteiger partial charge in [0.05, 0.1) is 6.04 Å². The molecule has 176 valence electrons. The highest BCUT2D eigenvalue weighted by Gasteiger charge is 2.51. The Morgan fingerprint density at radius 3 is 2.47 bits per heavy atom. The third kappa shape index (κ3) is 5.17. The van der Waals surface area contributed by atoms with Crippen LogP contribution in [0.2, 0.25) is 5.02 Å². The van der Waals surface area contributed by atoms with Crippen LogP contribution in [0.4, 0.5) is 0 Å². The Labute approximate surface area is 199 Å². The van der Waals surface area contributed by atoms with Crippen molar-refractivity contribution in [2.75, 3.05) is 19.6 Å². The molecule has 0 bridgehead atoms. The number of nitrogens with one attached hydrogen (secondary N) is 1. The molecule has 2 heterocycles. The van der Waals surface area contributed by atoms with E-state index in [1.54, 1.807) is 0 Å². The summed E-state index contributed by atoms with van der Waals surface area (Å²) in [6.07, 6.45) is 11.7. The molecule has 1 aliphatic carbocycles. The summed E-state index contributed by atoms with van der Waals surface area (Å²) in [4.78, 5) is 18.5. The minimum absolute atomic E-state index is 0.111. The van der Waals surface area contributed by atoms with Crippen molar-refractivity contribution in [3.8, 4) is 0 Å². The number of nitrogens with zero attached hydrogens (tertiary/aromatic N) is 2. The van der Waals surface area contributed by atoms with Crippen molar-refractivity contribution in [3.63, 3.8) is 0 Å². The van der Waals surface area contributed by atoms with Crippen molar-refractivity contribution in [1.82, 2.24) is 15.1 Å².